The maximum absolute atomic E-state index is 12.8. The van der Waals surface area contributed by atoms with Crippen LogP contribution in [0.25, 0.3) is 0 Å². The van der Waals surface area contributed by atoms with E-state index < -0.39 is 28.0 Å². The van der Waals surface area contributed by atoms with E-state index in [1.54, 1.807) is 12.1 Å². The molecule has 2 amide bonds. The molecule has 12 heteroatoms. The molecule has 0 bridgehead atoms. The summed E-state index contributed by atoms with van der Waals surface area (Å²) in [6.45, 7) is 4.07. The van der Waals surface area contributed by atoms with Gasteiger partial charge in [-0.2, -0.15) is 0 Å². The quantitative estimate of drug-likeness (QED) is 0.319. The highest BCUT2D eigenvalue weighted by Gasteiger charge is 2.21. The van der Waals surface area contributed by atoms with Crippen LogP contribution in [-0.2, 0) is 21.2 Å². The van der Waals surface area contributed by atoms with E-state index >= 15 is 0 Å². The van der Waals surface area contributed by atoms with Crippen molar-refractivity contribution in [1.29, 1.82) is 0 Å². The Balaban J connectivity index is 1.58. The largest absolute Gasteiger partial charge is 0.515 e. The van der Waals surface area contributed by atoms with Gasteiger partial charge in [0.2, 0.25) is 5.88 Å². The van der Waals surface area contributed by atoms with Gasteiger partial charge in [-0.1, -0.05) is 43.6 Å². The summed E-state index contributed by atoms with van der Waals surface area (Å²) < 4.78 is 37.7. The molecule has 0 aliphatic heterocycles. The van der Waals surface area contributed by atoms with Gasteiger partial charge in [0.05, 0.1) is 10.5 Å². The van der Waals surface area contributed by atoms with Crippen molar-refractivity contribution in [1.82, 2.24) is 15.0 Å². The predicted octanol–water partition coefficient (Wildman–Crippen LogP) is 4.53. The molecule has 0 fully saturated rings. The minimum atomic E-state index is -4.30. The molecule has 0 radical (unpaired) electrons. The van der Waals surface area contributed by atoms with Gasteiger partial charge in [-0.3, -0.25) is 9.59 Å². The molecule has 2 aromatic carbocycles. The molecular formula is C27H28ClN3O7S. The molecule has 0 aliphatic rings. The Kier molecular flexibility index (Phi) is 10.4. The molecule has 0 aliphatic carbocycles. The standard InChI is InChI=1S/C27H28ClN3O7S/c1-3-22(4-2)37-27(34)38-24-13-10-20(17-30-24)26(33)31-39(35,36)23-7-5-6-19(16-23)25(32)29-15-14-18-8-11-21(28)12-9-18/h5-13,16-17,22H,3-4,14-15H2,1-2H3,(H,29,32)(H,31,33). The van der Waals surface area contributed by atoms with E-state index in [0.29, 0.717) is 30.8 Å². The molecule has 0 atom stereocenters. The van der Waals surface area contributed by atoms with Gasteiger partial charge in [0.25, 0.3) is 21.8 Å². The van der Waals surface area contributed by atoms with Crippen molar-refractivity contribution in [2.45, 2.75) is 44.1 Å². The Morgan fingerprint density at radius 1 is 0.949 bits per heavy atom. The number of carbonyl (C=O) groups excluding carboxylic acids is 3. The van der Waals surface area contributed by atoms with Crippen LogP contribution in [0.15, 0.2) is 71.8 Å². The van der Waals surface area contributed by atoms with Crippen molar-refractivity contribution in [3.05, 3.63) is 88.6 Å². The predicted molar refractivity (Wildman–Crippen MR) is 144 cm³/mol. The first-order valence-electron chi connectivity index (χ1n) is 12.2. The number of benzene rings is 2. The van der Waals surface area contributed by atoms with E-state index in [1.165, 1.54) is 36.4 Å². The second-order valence-corrected chi connectivity index (χ2v) is 10.5. The van der Waals surface area contributed by atoms with Gasteiger partial charge >= 0.3 is 6.16 Å². The van der Waals surface area contributed by atoms with Gasteiger partial charge < -0.3 is 14.8 Å². The van der Waals surface area contributed by atoms with E-state index in [1.807, 2.05) is 30.7 Å². The first kappa shape index (κ1) is 29.6. The first-order chi connectivity index (χ1) is 18.6. The minimum absolute atomic E-state index is 0.0876. The molecule has 3 aromatic rings. The van der Waals surface area contributed by atoms with E-state index in [-0.39, 0.29) is 28.0 Å². The number of amides is 2. The lowest BCUT2D eigenvalue weighted by atomic mass is 10.1. The number of rotatable bonds is 11. The third-order valence-electron chi connectivity index (χ3n) is 5.61. The highest BCUT2D eigenvalue weighted by molar-refractivity contribution is 7.90. The van der Waals surface area contributed by atoms with Gasteiger partial charge in [-0.15, -0.1) is 0 Å². The Labute approximate surface area is 231 Å². The smallest absolute Gasteiger partial charge is 0.431 e. The van der Waals surface area contributed by atoms with Gasteiger partial charge in [-0.25, -0.2) is 22.9 Å². The second-order valence-electron chi connectivity index (χ2n) is 8.39. The lowest BCUT2D eigenvalue weighted by Gasteiger charge is -2.13. The molecular weight excluding hydrogens is 546 g/mol. The highest BCUT2D eigenvalue weighted by atomic mass is 35.5. The molecule has 10 nitrogen and oxygen atoms in total. The minimum Gasteiger partial charge on any atom is -0.431 e. The van der Waals surface area contributed by atoms with Crippen LogP contribution in [0.1, 0.15) is 53.0 Å². The number of hydrogen-bond donors (Lipinski definition) is 2. The van der Waals surface area contributed by atoms with Gasteiger partial charge in [0.15, 0.2) is 0 Å². The topological polar surface area (TPSA) is 141 Å². The monoisotopic (exact) mass is 573 g/mol. The molecule has 3 rings (SSSR count). The molecule has 2 N–H and O–H groups in total. The summed E-state index contributed by atoms with van der Waals surface area (Å²) in [4.78, 5) is 40.5. The summed E-state index contributed by atoms with van der Waals surface area (Å²) in [6, 6.07) is 15.0. The number of nitrogens with zero attached hydrogens (tertiary/aromatic N) is 1. The van der Waals surface area contributed by atoms with Crippen molar-refractivity contribution >= 4 is 39.6 Å². The van der Waals surface area contributed by atoms with Crippen LogP contribution in [0.2, 0.25) is 5.02 Å². The molecule has 1 heterocycles. The average molecular weight is 574 g/mol. The van der Waals surface area contributed by atoms with Crippen LogP contribution in [-0.4, -0.2) is 44.0 Å². The van der Waals surface area contributed by atoms with E-state index in [9.17, 15) is 22.8 Å². The van der Waals surface area contributed by atoms with Gasteiger partial charge in [0, 0.05) is 29.4 Å². The number of ether oxygens (including phenoxy) is 2. The zero-order chi connectivity index (χ0) is 28.4. The van der Waals surface area contributed by atoms with Crippen molar-refractivity contribution in [2.24, 2.45) is 0 Å². The number of aromatic nitrogens is 1. The number of carbonyl (C=O) groups is 3. The SMILES string of the molecule is CCC(CC)OC(=O)Oc1ccc(C(=O)NS(=O)(=O)c2cccc(C(=O)NCCc3ccc(Cl)cc3)c2)cn1. The number of sulfonamides is 1. The highest BCUT2D eigenvalue weighted by Crippen LogP contribution is 2.15. The third-order valence-corrected chi connectivity index (χ3v) is 7.19. The summed E-state index contributed by atoms with van der Waals surface area (Å²) in [5.74, 6) is -1.53. The van der Waals surface area contributed by atoms with Crippen LogP contribution >= 0.6 is 11.6 Å². The van der Waals surface area contributed by atoms with Crippen LogP contribution in [0.4, 0.5) is 4.79 Å². The Bertz CT molecular complexity index is 1410. The van der Waals surface area contributed by atoms with Crippen LogP contribution in [0.5, 0.6) is 5.88 Å². The summed E-state index contributed by atoms with van der Waals surface area (Å²) in [5.41, 5.74) is 1.01. The Morgan fingerprint density at radius 2 is 1.67 bits per heavy atom. The average Bonchev–Trinajstić information content (AvgIpc) is 2.93. The molecule has 0 saturated heterocycles. The van der Waals surface area contributed by atoms with Crippen molar-refractivity contribution in [3.63, 3.8) is 0 Å². The van der Waals surface area contributed by atoms with E-state index in [4.69, 9.17) is 21.1 Å². The lowest BCUT2D eigenvalue weighted by Crippen LogP contribution is -2.31. The number of nitrogens with one attached hydrogen (secondary N) is 2. The fourth-order valence-corrected chi connectivity index (χ4v) is 4.54. The normalized spacial score (nSPS) is 11.1. The summed E-state index contributed by atoms with van der Waals surface area (Å²) in [6.07, 6.45) is 1.68. The zero-order valence-electron chi connectivity index (χ0n) is 21.3. The van der Waals surface area contributed by atoms with Gasteiger partial charge in [-0.05, 0) is 61.2 Å². The maximum atomic E-state index is 12.8. The van der Waals surface area contributed by atoms with E-state index in [2.05, 4.69) is 10.3 Å². The summed E-state index contributed by atoms with van der Waals surface area (Å²) in [7, 11) is -4.30. The van der Waals surface area contributed by atoms with Crippen LogP contribution in [0.3, 0.4) is 0 Å². The fraction of sp³-hybridized carbons (Fsp3) is 0.259. The molecule has 0 saturated carbocycles. The fourth-order valence-electron chi connectivity index (χ4n) is 3.39. The van der Waals surface area contributed by atoms with Crippen LogP contribution < -0.4 is 14.8 Å². The van der Waals surface area contributed by atoms with E-state index in [0.717, 1.165) is 11.8 Å². The third kappa shape index (κ3) is 8.79. The molecule has 1 aromatic heterocycles. The zero-order valence-corrected chi connectivity index (χ0v) is 22.9. The summed E-state index contributed by atoms with van der Waals surface area (Å²) >= 11 is 5.87. The number of halogens is 1. The summed E-state index contributed by atoms with van der Waals surface area (Å²) in [5, 5.41) is 3.35. The number of pyridine rings is 1. The maximum Gasteiger partial charge on any atom is 0.515 e. The van der Waals surface area contributed by atoms with Crippen molar-refractivity contribution in [3.8, 4) is 5.88 Å². The Morgan fingerprint density at radius 3 is 2.31 bits per heavy atom. The van der Waals surface area contributed by atoms with Crippen molar-refractivity contribution < 1.29 is 32.3 Å². The van der Waals surface area contributed by atoms with Gasteiger partial charge in [0.1, 0.15) is 6.10 Å². The second kappa shape index (κ2) is 13.7. The lowest BCUT2D eigenvalue weighted by molar-refractivity contribution is 0.0538. The molecule has 206 valence electrons. The molecule has 39 heavy (non-hydrogen) atoms. The first-order valence-corrected chi connectivity index (χ1v) is 14.0. The number of hydrogen-bond acceptors (Lipinski definition) is 8. The van der Waals surface area contributed by atoms with Crippen molar-refractivity contribution in [2.75, 3.05) is 6.54 Å². The molecule has 0 unspecified atom stereocenters. The van der Waals surface area contributed by atoms with Crippen LogP contribution in [0, 0.1) is 0 Å². The Hall–Kier alpha value is -3.96. The molecule has 0 spiro atoms.